The van der Waals surface area contributed by atoms with E-state index >= 15 is 0 Å². The number of benzene rings is 1. The van der Waals surface area contributed by atoms with E-state index < -0.39 is 5.54 Å². The fraction of sp³-hybridized carbons (Fsp3) is 0.250. The molecule has 0 unspecified atom stereocenters. The largest absolute Gasteiger partial charge is 0.328 e. The molecule has 0 bridgehead atoms. The molecule has 3 N–H and O–H groups in total. The second-order valence-electron chi connectivity index (χ2n) is 4.50. The standard InChI is InChI=1S/C12H12FN5O/c13-9-3-1-8(2-4-9)12(5-6-12)17-11(19)16-10-14-7-15-18-10/h1-4,7H,5-6H2,(H3,14,15,16,17,18,19). The highest BCUT2D eigenvalue weighted by atomic mass is 19.1. The lowest BCUT2D eigenvalue weighted by Gasteiger charge is -2.17. The number of aromatic amines is 1. The molecule has 1 fully saturated rings. The number of aromatic nitrogens is 3. The first kappa shape index (κ1) is 11.6. The Balaban J connectivity index is 1.68. The minimum absolute atomic E-state index is 0.285. The summed E-state index contributed by atoms with van der Waals surface area (Å²) in [6, 6.07) is 5.81. The van der Waals surface area contributed by atoms with E-state index in [2.05, 4.69) is 25.8 Å². The van der Waals surface area contributed by atoms with Gasteiger partial charge in [-0.15, -0.1) is 0 Å². The number of carbonyl (C=O) groups is 1. The molecule has 0 spiro atoms. The van der Waals surface area contributed by atoms with Crippen LogP contribution >= 0.6 is 0 Å². The van der Waals surface area contributed by atoms with E-state index in [4.69, 9.17) is 0 Å². The second kappa shape index (κ2) is 4.34. The summed E-state index contributed by atoms with van der Waals surface area (Å²) in [6.45, 7) is 0. The minimum Gasteiger partial charge on any atom is -0.328 e. The number of anilines is 1. The molecule has 2 aromatic rings. The highest BCUT2D eigenvalue weighted by Crippen LogP contribution is 2.45. The van der Waals surface area contributed by atoms with E-state index in [0.29, 0.717) is 0 Å². The van der Waals surface area contributed by atoms with Crippen molar-refractivity contribution >= 4 is 12.0 Å². The third-order valence-electron chi connectivity index (χ3n) is 3.15. The van der Waals surface area contributed by atoms with Gasteiger partial charge in [0.15, 0.2) is 0 Å². The van der Waals surface area contributed by atoms with Crippen LogP contribution in [0.15, 0.2) is 30.6 Å². The van der Waals surface area contributed by atoms with Crippen LogP contribution in [-0.2, 0) is 5.54 Å². The van der Waals surface area contributed by atoms with Crippen LogP contribution in [0.3, 0.4) is 0 Å². The smallest absolute Gasteiger partial charge is 0.322 e. The summed E-state index contributed by atoms with van der Waals surface area (Å²) < 4.78 is 12.9. The van der Waals surface area contributed by atoms with Gasteiger partial charge in [-0.1, -0.05) is 12.1 Å². The van der Waals surface area contributed by atoms with Crippen LogP contribution in [0.25, 0.3) is 0 Å². The van der Waals surface area contributed by atoms with Gasteiger partial charge in [0.25, 0.3) is 0 Å². The Labute approximate surface area is 108 Å². The first-order valence-electron chi connectivity index (χ1n) is 5.89. The zero-order valence-corrected chi connectivity index (χ0v) is 9.98. The summed E-state index contributed by atoms with van der Waals surface area (Å²) in [7, 11) is 0. The molecule has 0 aliphatic heterocycles. The van der Waals surface area contributed by atoms with E-state index in [9.17, 15) is 9.18 Å². The third kappa shape index (κ3) is 2.40. The van der Waals surface area contributed by atoms with Gasteiger partial charge in [-0.05, 0) is 30.5 Å². The SMILES string of the molecule is O=C(Nc1ncn[nH]1)NC1(c2ccc(F)cc2)CC1. The maximum absolute atomic E-state index is 12.9. The summed E-state index contributed by atoms with van der Waals surface area (Å²) in [4.78, 5) is 15.6. The van der Waals surface area contributed by atoms with Crippen LogP contribution in [0.2, 0.25) is 0 Å². The molecule has 1 aliphatic rings. The van der Waals surface area contributed by atoms with Gasteiger partial charge in [-0.25, -0.2) is 14.3 Å². The fourth-order valence-corrected chi connectivity index (χ4v) is 2.00. The number of rotatable bonds is 3. The predicted molar refractivity (Wildman–Crippen MR) is 65.8 cm³/mol. The van der Waals surface area contributed by atoms with Crippen LogP contribution in [0, 0.1) is 5.82 Å². The molecule has 1 aromatic heterocycles. The first-order valence-corrected chi connectivity index (χ1v) is 5.89. The molecular formula is C12H12FN5O. The number of carbonyl (C=O) groups excluding carboxylic acids is 1. The lowest BCUT2D eigenvalue weighted by atomic mass is 10.1. The average molecular weight is 261 g/mol. The van der Waals surface area contributed by atoms with Crippen molar-refractivity contribution in [2.24, 2.45) is 0 Å². The molecule has 7 heteroatoms. The highest BCUT2D eigenvalue weighted by molar-refractivity contribution is 5.88. The van der Waals surface area contributed by atoms with Crippen molar-refractivity contribution in [3.05, 3.63) is 42.0 Å². The Hall–Kier alpha value is -2.44. The van der Waals surface area contributed by atoms with Crippen LogP contribution in [0.4, 0.5) is 15.1 Å². The van der Waals surface area contributed by atoms with Gasteiger partial charge in [0.05, 0.1) is 5.54 Å². The monoisotopic (exact) mass is 261 g/mol. The zero-order chi connectivity index (χ0) is 13.3. The molecule has 1 saturated carbocycles. The Bertz CT molecular complexity index is 577. The van der Waals surface area contributed by atoms with Crippen LogP contribution in [0.1, 0.15) is 18.4 Å². The Morgan fingerprint density at radius 3 is 2.63 bits per heavy atom. The van der Waals surface area contributed by atoms with Crippen molar-refractivity contribution in [1.29, 1.82) is 0 Å². The van der Waals surface area contributed by atoms with Crippen molar-refractivity contribution in [3.63, 3.8) is 0 Å². The number of amides is 2. The van der Waals surface area contributed by atoms with Crippen LogP contribution in [0.5, 0.6) is 0 Å². The van der Waals surface area contributed by atoms with Gasteiger partial charge in [0.2, 0.25) is 5.95 Å². The Morgan fingerprint density at radius 2 is 2.05 bits per heavy atom. The summed E-state index contributed by atoms with van der Waals surface area (Å²) >= 11 is 0. The van der Waals surface area contributed by atoms with Crippen molar-refractivity contribution in [2.45, 2.75) is 18.4 Å². The van der Waals surface area contributed by atoms with Crippen LogP contribution < -0.4 is 10.6 Å². The normalized spacial score (nSPS) is 15.8. The van der Waals surface area contributed by atoms with E-state index in [1.165, 1.54) is 18.5 Å². The molecule has 6 nitrogen and oxygen atoms in total. The van der Waals surface area contributed by atoms with Gasteiger partial charge in [-0.3, -0.25) is 5.32 Å². The molecular weight excluding hydrogens is 249 g/mol. The number of urea groups is 1. The lowest BCUT2D eigenvalue weighted by Crippen LogP contribution is -2.38. The molecule has 3 rings (SSSR count). The molecule has 0 saturated heterocycles. The Morgan fingerprint density at radius 1 is 1.32 bits per heavy atom. The number of hydrogen-bond donors (Lipinski definition) is 3. The molecule has 2 amide bonds. The molecule has 98 valence electrons. The van der Waals surface area contributed by atoms with Gasteiger partial charge >= 0.3 is 6.03 Å². The minimum atomic E-state index is -0.391. The van der Waals surface area contributed by atoms with E-state index in [0.717, 1.165) is 18.4 Å². The molecule has 1 aliphatic carbocycles. The number of hydrogen-bond acceptors (Lipinski definition) is 3. The lowest BCUT2D eigenvalue weighted by molar-refractivity contribution is 0.247. The zero-order valence-electron chi connectivity index (χ0n) is 9.98. The van der Waals surface area contributed by atoms with Crippen molar-refractivity contribution in [2.75, 3.05) is 5.32 Å². The summed E-state index contributed by atoms with van der Waals surface area (Å²) in [5.41, 5.74) is 0.513. The highest BCUT2D eigenvalue weighted by Gasteiger charge is 2.45. The quantitative estimate of drug-likeness (QED) is 0.787. The van der Waals surface area contributed by atoms with E-state index in [-0.39, 0.29) is 17.8 Å². The fourth-order valence-electron chi connectivity index (χ4n) is 2.00. The summed E-state index contributed by atoms with van der Waals surface area (Å²) in [6.07, 6.45) is 2.98. The van der Waals surface area contributed by atoms with Crippen molar-refractivity contribution < 1.29 is 9.18 Å². The molecule has 19 heavy (non-hydrogen) atoms. The van der Waals surface area contributed by atoms with Crippen molar-refractivity contribution in [3.8, 4) is 0 Å². The molecule has 0 atom stereocenters. The maximum atomic E-state index is 12.9. The molecule has 1 heterocycles. The first-order chi connectivity index (χ1) is 9.18. The van der Waals surface area contributed by atoms with Gasteiger partial charge in [0.1, 0.15) is 12.1 Å². The average Bonchev–Trinajstić information content (AvgIpc) is 2.98. The third-order valence-corrected chi connectivity index (χ3v) is 3.15. The Kier molecular flexibility index (Phi) is 2.66. The van der Waals surface area contributed by atoms with E-state index in [1.54, 1.807) is 12.1 Å². The topological polar surface area (TPSA) is 82.7 Å². The number of H-pyrrole nitrogens is 1. The van der Waals surface area contributed by atoms with Crippen molar-refractivity contribution in [1.82, 2.24) is 20.5 Å². The number of halogens is 1. The summed E-state index contributed by atoms with van der Waals surface area (Å²) in [5.74, 6) is -0.00179. The maximum Gasteiger partial charge on any atom is 0.322 e. The molecule has 0 radical (unpaired) electrons. The van der Waals surface area contributed by atoms with Crippen LogP contribution in [-0.4, -0.2) is 21.2 Å². The predicted octanol–water partition coefficient (Wildman–Crippen LogP) is 1.75. The van der Waals surface area contributed by atoms with Gasteiger partial charge < -0.3 is 5.32 Å². The van der Waals surface area contributed by atoms with E-state index in [1.807, 2.05) is 0 Å². The van der Waals surface area contributed by atoms with Gasteiger partial charge in [-0.2, -0.15) is 10.1 Å². The number of nitrogens with zero attached hydrogens (tertiary/aromatic N) is 2. The molecule has 1 aromatic carbocycles. The van der Waals surface area contributed by atoms with Gasteiger partial charge in [0, 0.05) is 0 Å². The summed E-state index contributed by atoms with van der Waals surface area (Å²) in [5, 5.41) is 11.6. The number of nitrogens with one attached hydrogen (secondary N) is 3. The second-order valence-corrected chi connectivity index (χ2v) is 4.50.